The van der Waals surface area contributed by atoms with Crippen molar-refractivity contribution in [3.05, 3.63) is 48.4 Å². The van der Waals surface area contributed by atoms with Crippen LogP contribution < -0.4 is 10.1 Å². The summed E-state index contributed by atoms with van der Waals surface area (Å²) >= 11 is 1.69. The van der Waals surface area contributed by atoms with E-state index in [1.807, 2.05) is 53.1 Å². The van der Waals surface area contributed by atoms with E-state index < -0.39 is 0 Å². The predicted molar refractivity (Wildman–Crippen MR) is 112 cm³/mol. The van der Waals surface area contributed by atoms with Crippen molar-refractivity contribution in [3.63, 3.8) is 0 Å². The van der Waals surface area contributed by atoms with Gasteiger partial charge in [-0.15, -0.1) is 11.8 Å². The predicted octanol–water partition coefficient (Wildman–Crippen LogP) is 3.78. The molecule has 0 atom stereocenters. The average Bonchev–Trinajstić information content (AvgIpc) is 3.35. The largest absolute Gasteiger partial charge is 0.494 e. The zero-order valence-corrected chi connectivity index (χ0v) is 17.2. The summed E-state index contributed by atoms with van der Waals surface area (Å²) in [5, 5.41) is 2.95. The number of rotatable bonds is 5. The quantitative estimate of drug-likeness (QED) is 0.804. The van der Waals surface area contributed by atoms with E-state index in [1.165, 1.54) is 0 Å². The molecule has 8 heteroatoms. The minimum absolute atomic E-state index is 0.115. The summed E-state index contributed by atoms with van der Waals surface area (Å²) in [4.78, 5) is 28.6. The fourth-order valence-corrected chi connectivity index (χ4v) is 5.19. The number of nitrogens with zero attached hydrogens (tertiary/aromatic N) is 2. The third-order valence-corrected chi connectivity index (χ3v) is 6.96. The molecule has 0 unspecified atom stereocenters. The van der Waals surface area contributed by atoms with E-state index in [0.29, 0.717) is 32.0 Å². The van der Waals surface area contributed by atoms with Crippen LogP contribution in [0.1, 0.15) is 25.5 Å². The van der Waals surface area contributed by atoms with Crippen LogP contribution in [0.5, 0.6) is 5.75 Å². The third-order valence-electron chi connectivity index (χ3n) is 5.40. The number of nitrogens with one attached hydrogen (secondary N) is 1. The zero-order valence-electron chi connectivity index (χ0n) is 16.4. The second kappa shape index (κ2) is 8.41. The van der Waals surface area contributed by atoms with Crippen LogP contribution in [0, 0.1) is 0 Å². The van der Waals surface area contributed by atoms with Crippen LogP contribution in [0.2, 0.25) is 0 Å². The number of furan rings is 1. The number of carbonyl (C=O) groups is 2. The number of hydrogen-bond donors (Lipinski definition) is 1. The molecule has 0 radical (unpaired) electrons. The molecule has 2 fully saturated rings. The molecule has 0 bridgehead atoms. The highest BCUT2D eigenvalue weighted by Crippen LogP contribution is 2.45. The molecular weight excluding hydrogens is 390 g/mol. The van der Waals surface area contributed by atoms with Crippen LogP contribution in [0.4, 0.5) is 10.5 Å². The SMILES string of the molecule is CCOc1ccc(NC(=O)N2CCC3(CC2)SCC(=O)N3Cc2ccco2)cc1. The van der Waals surface area contributed by atoms with Crippen LogP contribution in [-0.4, -0.2) is 52.1 Å². The maximum Gasteiger partial charge on any atom is 0.321 e. The van der Waals surface area contributed by atoms with E-state index in [-0.39, 0.29) is 16.8 Å². The van der Waals surface area contributed by atoms with Gasteiger partial charge in [0, 0.05) is 18.8 Å². The number of thioether (sulfide) groups is 1. The van der Waals surface area contributed by atoms with Crippen molar-refractivity contribution in [2.75, 3.05) is 30.8 Å². The first-order chi connectivity index (χ1) is 14.1. The van der Waals surface area contributed by atoms with Crippen LogP contribution in [-0.2, 0) is 11.3 Å². The number of carbonyl (C=O) groups excluding carboxylic acids is 2. The molecule has 3 amide bonds. The van der Waals surface area contributed by atoms with Gasteiger partial charge in [-0.05, 0) is 56.2 Å². The van der Waals surface area contributed by atoms with E-state index in [1.54, 1.807) is 18.0 Å². The van der Waals surface area contributed by atoms with Crippen molar-refractivity contribution in [2.45, 2.75) is 31.2 Å². The zero-order chi connectivity index (χ0) is 20.3. The van der Waals surface area contributed by atoms with Crippen molar-refractivity contribution in [1.29, 1.82) is 0 Å². The molecule has 2 saturated heterocycles. The van der Waals surface area contributed by atoms with Gasteiger partial charge in [-0.2, -0.15) is 0 Å². The number of ether oxygens (including phenoxy) is 1. The number of hydrogen-bond acceptors (Lipinski definition) is 5. The lowest BCUT2D eigenvalue weighted by Crippen LogP contribution is -2.53. The standard InChI is InChI=1S/C21H25N3O4S/c1-2-27-17-7-5-16(6-8-17)22-20(26)23-11-9-21(10-12-23)24(19(25)15-29-21)14-18-4-3-13-28-18/h3-8,13H,2,9-12,14-15H2,1H3,(H,22,26). The van der Waals surface area contributed by atoms with Crippen molar-refractivity contribution < 1.29 is 18.7 Å². The van der Waals surface area contributed by atoms with Gasteiger partial charge in [0.25, 0.3) is 0 Å². The summed E-state index contributed by atoms with van der Waals surface area (Å²) < 4.78 is 10.9. The van der Waals surface area contributed by atoms with Gasteiger partial charge < -0.3 is 24.3 Å². The van der Waals surface area contributed by atoms with Crippen LogP contribution in [0.25, 0.3) is 0 Å². The molecule has 2 aliphatic heterocycles. The van der Waals surface area contributed by atoms with Gasteiger partial charge in [-0.25, -0.2) is 4.79 Å². The minimum Gasteiger partial charge on any atom is -0.494 e. The molecule has 1 aromatic carbocycles. The lowest BCUT2D eigenvalue weighted by atomic mass is 10.0. The van der Waals surface area contributed by atoms with Crippen molar-refractivity contribution >= 4 is 29.4 Å². The molecule has 1 aromatic heterocycles. The van der Waals surface area contributed by atoms with E-state index >= 15 is 0 Å². The summed E-state index contributed by atoms with van der Waals surface area (Å²) in [6, 6.07) is 11.0. The smallest absolute Gasteiger partial charge is 0.321 e. The fraction of sp³-hybridized carbons (Fsp3) is 0.429. The lowest BCUT2D eigenvalue weighted by Gasteiger charge is -2.43. The summed E-state index contributed by atoms with van der Waals surface area (Å²) in [6.45, 7) is 4.25. The Hall–Kier alpha value is -2.61. The van der Waals surface area contributed by atoms with Crippen molar-refractivity contribution in [1.82, 2.24) is 9.80 Å². The highest BCUT2D eigenvalue weighted by Gasteiger charge is 2.48. The Morgan fingerprint density at radius 3 is 2.66 bits per heavy atom. The highest BCUT2D eigenvalue weighted by atomic mass is 32.2. The van der Waals surface area contributed by atoms with Crippen LogP contribution in [0.15, 0.2) is 47.1 Å². The average molecular weight is 416 g/mol. The van der Waals surface area contributed by atoms with Gasteiger partial charge in [0.05, 0.1) is 30.0 Å². The molecule has 7 nitrogen and oxygen atoms in total. The number of anilines is 1. The molecule has 29 heavy (non-hydrogen) atoms. The van der Waals surface area contributed by atoms with Crippen LogP contribution in [0.3, 0.4) is 0 Å². The Bertz CT molecular complexity index is 845. The molecule has 0 saturated carbocycles. The molecule has 0 aliphatic carbocycles. The minimum atomic E-state index is -0.250. The summed E-state index contributed by atoms with van der Waals surface area (Å²) in [6.07, 6.45) is 3.13. The first-order valence-electron chi connectivity index (χ1n) is 9.85. The molecule has 2 aliphatic rings. The second-order valence-corrected chi connectivity index (χ2v) is 8.51. The van der Waals surface area contributed by atoms with Crippen molar-refractivity contribution in [2.24, 2.45) is 0 Å². The molecular formula is C21H25N3O4S. The first kappa shape index (κ1) is 19.7. The van der Waals surface area contributed by atoms with E-state index in [4.69, 9.17) is 9.15 Å². The van der Waals surface area contributed by atoms with Gasteiger partial charge in [0.1, 0.15) is 11.5 Å². The Labute approximate surface area is 174 Å². The van der Waals surface area contributed by atoms with Gasteiger partial charge in [0.2, 0.25) is 5.91 Å². The van der Waals surface area contributed by atoms with E-state index in [2.05, 4.69) is 5.32 Å². The summed E-state index contributed by atoms with van der Waals surface area (Å²) in [5.74, 6) is 2.19. The van der Waals surface area contributed by atoms with Gasteiger partial charge in [-0.1, -0.05) is 0 Å². The fourth-order valence-electron chi connectivity index (χ4n) is 3.85. The number of benzene rings is 1. The number of piperidine rings is 1. The summed E-state index contributed by atoms with van der Waals surface area (Å²) in [5.41, 5.74) is 0.739. The second-order valence-electron chi connectivity index (χ2n) is 7.17. The summed E-state index contributed by atoms with van der Waals surface area (Å²) in [7, 11) is 0. The normalized spacial score (nSPS) is 18.3. The molecule has 3 heterocycles. The van der Waals surface area contributed by atoms with Crippen LogP contribution >= 0.6 is 11.8 Å². The molecule has 2 aromatic rings. The Morgan fingerprint density at radius 2 is 2.00 bits per heavy atom. The maximum absolute atomic E-state index is 12.7. The Balaban J connectivity index is 1.35. The first-order valence-corrected chi connectivity index (χ1v) is 10.8. The molecule has 154 valence electrons. The van der Waals surface area contributed by atoms with Gasteiger partial charge in [-0.3, -0.25) is 4.79 Å². The molecule has 4 rings (SSSR count). The third kappa shape index (κ3) is 4.22. The lowest BCUT2D eigenvalue weighted by molar-refractivity contribution is -0.132. The Kier molecular flexibility index (Phi) is 5.71. The number of likely N-dealkylation sites (tertiary alicyclic amines) is 1. The van der Waals surface area contributed by atoms with E-state index in [0.717, 1.165) is 30.0 Å². The maximum atomic E-state index is 12.7. The number of amides is 3. The number of urea groups is 1. The van der Waals surface area contributed by atoms with Gasteiger partial charge in [0.15, 0.2) is 0 Å². The van der Waals surface area contributed by atoms with E-state index in [9.17, 15) is 9.59 Å². The highest BCUT2D eigenvalue weighted by molar-refractivity contribution is 8.01. The molecule has 1 spiro atoms. The molecule has 1 N–H and O–H groups in total. The monoisotopic (exact) mass is 415 g/mol. The van der Waals surface area contributed by atoms with Crippen molar-refractivity contribution in [3.8, 4) is 5.75 Å². The topological polar surface area (TPSA) is 75.0 Å². The van der Waals surface area contributed by atoms with Gasteiger partial charge >= 0.3 is 6.03 Å². The Morgan fingerprint density at radius 1 is 1.24 bits per heavy atom.